The molecule has 2 N–H and O–H groups in total. The molecule has 0 radical (unpaired) electrons. The molecule has 2 amide bonds. The number of fused-ring (bicyclic) bond motifs is 5. The number of aromatic nitrogens is 1. The Bertz CT molecular complexity index is 818. The van der Waals surface area contributed by atoms with Gasteiger partial charge in [0.05, 0.1) is 11.4 Å². The van der Waals surface area contributed by atoms with E-state index in [0.29, 0.717) is 13.0 Å². The van der Waals surface area contributed by atoms with Crippen molar-refractivity contribution in [2.75, 3.05) is 6.54 Å². The first-order valence-corrected chi connectivity index (χ1v) is 7.54. The lowest BCUT2D eigenvalue weighted by atomic mass is 9.95. The lowest BCUT2D eigenvalue weighted by Gasteiger charge is -2.36. The topological polar surface area (TPSA) is 65.2 Å². The highest BCUT2D eigenvalue weighted by Gasteiger charge is 2.35. The maximum atomic E-state index is 12.6. The second-order valence-corrected chi connectivity index (χ2v) is 5.84. The lowest BCUT2D eigenvalue weighted by molar-refractivity contribution is -0.133. The van der Waals surface area contributed by atoms with E-state index in [4.69, 9.17) is 0 Å². The number of carbonyl (C=O) groups excluding carboxylic acids is 2. The summed E-state index contributed by atoms with van der Waals surface area (Å²) in [6.07, 6.45) is 3.42. The fourth-order valence-corrected chi connectivity index (χ4v) is 3.48. The molecular formula is C17H17N3O2. The molecule has 0 aliphatic carbocycles. The largest absolute Gasteiger partial charge is 0.353 e. The average Bonchev–Trinajstić information content (AvgIpc) is 2.88. The summed E-state index contributed by atoms with van der Waals surface area (Å²) in [6, 6.07) is 7.78. The van der Waals surface area contributed by atoms with Crippen LogP contribution in [-0.2, 0) is 16.0 Å². The van der Waals surface area contributed by atoms with Gasteiger partial charge in [-0.25, -0.2) is 0 Å². The Balaban J connectivity index is 1.78. The number of nitrogens with zero attached hydrogens (tertiary/aromatic N) is 1. The molecule has 22 heavy (non-hydrogen) atoms. The van der Waals surface area contributed by atoms with E-state index >= 15 is 0 Å². The summed E-state index contributed by atoms with van der Waals surface area (Å²) in [5, 5.41) is 3.96. The van der Waals surface area contributed by atoms with Crippen LogP contribution >= 0.6 is 0 Å². The summed E-state index contributed by atoms with van der Waals surface area (Å²) in [6.45, 7) is 2.11. The van der Waals surface area contributed by atoms with Gasteiger partial charge in [0.2, 0.25) is 11.8 Å². The van der Waals surface area contributed by atoms with Gasteiger partial charge in [0, 0.05) is 24.4 Å². The zero-order valence-electron chi connectivity index (χ0n) is 12.3. The summed E-state index contributed by atoms with van der Waals surface area (Å²) in [5.74, 6) is -0.185. The third kappa shape index (κ3) is 1.85. The van der Waals surface area contributed by atoms with Crippen LogP contribution < -0.4 is 5.32 Å². The summed E-state index contributed by atoms with van der Waals surface area (Å²) < 4.78 is 0. The molecule has 1 aromatic heterocycles. The van der Waals surface area contributed by atoms with Crippen molar-refractivity contribution in [2.45, 2.75) is 25.8 Å². The number of benzene rings is 1. The number of rotatable bonds is 1. The maximum absolute atomic E-state index is 12.6. The maximum Gasteiger partial charge on any atom is 0.249 e. The monoisotopic (exact) mass is 295 g/mol. The molecule has 112 valence electrons. The number of carbonyl (C=O) groups is 2. The van der Waals surface area contributed by atoms with Crippen LogP contribution in [0.1, 0.15) is 24.6 Å². The van der Waals surface area contributed by atoms with Crippen LogP contribution in [0.2, 0.25) is 0 Å². The Morgan fingerprint density at radius 3 is 3.00 bits per heavy atom. The second-order valence-electron chi connectivity index (χ2n) is 5.84. The van der Waals surface area contributed by atoms with Crippen molar-refractivity contribution < 1.29 is 9.59 Å². The minimum absolute atomic E-state index is 0.0167. The highest BCUT2D eigenvalue weighted by molar-refractivity contribution is 5.98. The number of hydrogen-bond donors (Lipinski definition) is 2. The van der Waals surface area contributed by atoms with Crippen molar-refractivity contribution in [3.63, 3.8) is 0 Å². The third-order valence-corrected chi connectivity index (χ3v) is 4.43. The molecule has 0 fully saturated rings. The summed E-state index contributed by atoms with van der Waals surface area (Å²) in [7, 11) is 0. The number of aromatic amines is 1. The predicted molar refractivity (Wildman–Crippen MR) is 83.9 cm³/mol. The minimum atomic E-state index is -0.438. The molecule has 2 aliphatic heterocycles. The molecule has 1 unspecified atom stereocenters. The number of H-pyrrole nitrogens is 1. The number of nitrogens with one attached hydrogen (secondary N) is 2. The highest BCUT2D eigenvalue weighted by Crippen LogP contribution is 2.36. The molecule has 1 aromatic carbocycles. The van der Waals surface area contributed by atoms with Gasteiger partial charge in [-0.1, -0.05) is 24.3 Å². The summed E-state index contributed by atoms with van der Waals surface area (Å²) in [5.41, 5.74) is 4.38. The number of amides is 2. The SMILES string of the molecule is CC(=O)NC1CC=C2c3[nH]c4ccccc4c3CCN2C1=O. The molecule has 0 bridgehead atoms. The minimum Gasteiger partial charge on any atom is -0.353 e. The fraction of sp³-hybridized carbons (Fsp3) is 0.294. The Kier molecular flexibility index (Phi) is 2.82. The van der Waals surface area contributed by atoms with Crippen molar-refractivity contribution in [3.05, 3.63) is 41.6 Å². The van der Waals surface area contributed by atoms with Crippen molar-refractivity contribution >= 4 is 28.4 Å². The molecule has 4 rings (SSSR count). The first-order valence-electron chi connectivity index (χ1n) is 7.54. The molecule has 0 saturated carbocycles. The average molecular weight is 295 g/mol. The molecule has 1 atom stereocenters. The van der Waals surface area contributed by atoms with Crippen LogP contribution in [0.15, 0.2) is 30.3 Å². The normalized spacial score (nSPS) is 20.4. The summed E-state index contributed by atoms with van der Waals surface area (Å²) in [4.78, 5) is 29.0. The van der Waals surface area contributed by atoms with Gasteiger partial charge in [-0.2, -0.15) is 0 Å². The molecule has 3 heterocycles. The Labute approximate surface area is 128 Å². The Hall–Kier alpha value is -2.56. The second kappa shape index (κ2) is 4.73. The van der Waals surface area contributed by atoms with E-state index in [-0.39, 0.29) is 11.8 Å². The Morgan fingerprint density at radius 1 is 1.36 bits per heavy atom. The van der Waals surface area contributed by atoms with Gasteiger partial charge in [0.25, 0.3) is 0 Å². The van der Waals surface area contributed by atoms with Crippen molar-refractivity contribution in [1.29, 1.82) is 0 Å². The highest BCUT2D eigenvalue weighted by atomic mass is 16.2. The van der Waals surface area contributed by atoms with E-state index in [2.05, 4.69) is 28.5 Å². The zero-order valence-corrected chi connectivity index (χ0v) is 12.3. The van der Waals surface area contributed by atoms with Gasteiger partial charge in [0.1, 0.15) is 6.04 Å². The van der Waals surface area contributed by atoms with Crippen molar-refractivity contribution in [1.82, 2.24) is 15.2 Å². The van der Waals surface area contributed by atoms with Crippen LogP contribution in [0.3, 0.4) is 0 Å². The number of hydrogen-bond acceptors (Lipinski definition) is 2. The summed E-state index contributed by atoms with van der Waals surface area (Å²) >= 11 is 0. The van der Waals surface area contributed by atoms with Gasteiger partial charge in [-0.3, -0.25) is 9.59 Å². The molecule has 2 aromatic rings. The molecule has 0 saturated heterocycles. The van der Waals surface area contributed by atoms with Crippen LogP contribution in [-0.4, -0.2) is 34.3 Å². The molecule has 5 nitrogen and oxygen atoms in total. The smallest absolute Gasteiger partial charge is 0.249 e. The predicted octanol–water partition coefficient (Wildman–Crippen LogP) is 1.80. The Morgan fingerprint density at radius 2 is 2.18 bits per heavy atom. The van der Waals surface area contributed by atoms with Crippen LogP contribution in [0.5, 0.6) is 0 Å². The van der Waals surface area contributed by atoms with E-state index in [0.717, 1.165) is 23.3 Å². The van der Waals surface area contributed by atoms with E-state index in [9.17, 15) is 9.59 Å². The van der Waals surface area contributed by atoms with Gasteiger partial charge < -0.3 is 15.2 Å². The molecule has 2 aliphatic rings. The van der Waals surface area contributed by atoms with Gasteiger partial charge in [0.15, 0.2) is 0 Å². The quantitative estimate of drug-likeness (QED) is 0.842. The fourth-order valence-electron chi connectivity index (χ4n) is 3.48. The van der Waals surface area contributed by atoms with Gasteiger partial charge >= 0.3 is 0 Å². The lowest BCUT2D eigenvalue weighted by Crippen LogP contribution is -2.50. The van der Waals surface area contributed by atoms with Gasteiger partial charge in [-0.15, -0.1) is 0 Å². The van der Waals surface area contributed by atoms with E-state index in [1.54, 1.807) is 4.90 Å². The van der Waals surface area contributed by atoms with Crippen LogP contribution in [0.25, 0.3) is 16.6 Å². The van der Waals surface area contributed by atoms with Crippen LogP contribution in [0, 0.1) is 0 Å². The number of para-hydroxylation sites is 1. The standard InChI is InChI=1S/C17H17N3O2/c1-10(21)18-14-6-7-15-16-12(8-9-20(15)17(14)22)11-4-2-3-5-13(11)19-16/h2-5,7,14,19H,6,8-9H2,1H3,(H,18,21). The van der Waals surface area contributed by atoms with Crippen molar-refractivity contribution in [2.24, 2.45) is 0 Å². The van der Waals surface area contributed by atoms with Gasteiger partial charge in [-0.05, 0) is 24.5 Å². The van der Waals surface area contributed by atoms with E-state index in [1.807, 2.05) is 12.1 Å². The first kappa shape index (κ1) is 13.1. The first-order chi connectivity index (χ1) is 10.6. The third-order valence-electron chi connectivity index (χ3n) is 4.43. The molecule has 0 spiro atoms. The molecule has 5 heteroatoms. The van der Waals surface area contributed by atoms with E-state index < -0.39 is 6.04 Å². The zero-order chi connectivity index (χ0) is 15.3. The van der Waals surface area contributed by atoms with E-state index in [1.165, 1.54) is 17.9 Å². The van der Waals surface area contributed by atoms with Crippen molar-refractivity contribution in [3.8, 4) is 0 Å². The molecular weight excluding hydrogens is 278 g/mol. The van der Waals surface area contributed by atoms with Crippen LogP contribution in [0.4, 0.5) is 0 Å².